The zero-order valence-electron chi connectivity index (χ0n) is 8.26. The van der Waals surface area contributed by atoms with E-state index < -0.39 is 12.1 Å². The van der Waals surface area contributed by atoms with Gasteiger partial charge in [-0.25, -0.2) is 4.39 Å². The van der Waals surface area contributed by atoms with Gasteiger partial charge in [-0.05, 0) is 18.1 Å². The summed E-state index contributed by atoms with van der Waals surface area (Å²) < 4.78 is 25.9. The third-order valence-electron chi connectivity index (χ3n) is 2.39. The van der Waals surface area contributed by atoms with Crippen molar-refractivity contribution in [3.05, 3.63) is 35.6 Å². The molecular weight excluding hydrogens is 184 g/mol. The second-order valence-corrected chi connectivity index (χ2v) is 3.92. The van der Waals surface area contributed by atoms with Gasteiger partial charge < -0.3 is 5.73 Å². The van der Waals surface area contributed by atoms with E-state index in [1.807, 2.05) is 0 Å². The summed E-state index contributed by atoms with van der Waals surface area (Å²) in [7, 11) is 0. The summed E-state index contributed by atoms with van der Waals surface area (Å²) in [6.45, 7) is 1.41. The number of hydrogen-bond donors (Lipinski definition) is 1. The van der Waals surface area contributed by atoms with Crippen LogP contribution in [0.5, 0.6) is 0 Å². The lowest BCUT2D eigenvalue weighted by Crippen LogP contribution is -2.32. The molecule has 0 aliphatic rings. The summed E-state index contributed by atoms with van der Waals surface area (Å²) in [6, 6.07) is 6.41. The molecule has 1 rings (SSSR count). The number of benzene rings is 1. The quantitative estimate of drug-likeness (QED) is 0.791. The zero-order valence-corrected chi connectivity index (χ0v) is 8.26. The van der Waals surface area contributed by atoms with Gasteiger partial charge in [0.15, 0.2) is 0 Å². The van der Waals surface area contributed by atoms with E-state index in [1.165, 1.54) is 6.07 Å². The molecule has 1 aromatic carbocycles. The van der Waals surface area contributed by atoms with Crippen LogP contribution in [-0.4, -0.2) is 13.2 Å². The van der Waals surface area contributed by atoms with E-state index in [0.717, 1.165) is 0 Å². The minimum atomic E-state index is -0.651. The van der Waals surface area contributed by atoms with Crippen LogP contribution in [0.2, 0.25) is 0 Å². The maximum Gasteiger partial charge on any atom is 0.126 e. The monoisotopic (exact) mass is 199 g/mol. The Bertz CT molecular complexity index is 295. The molecule has 0 aromatic heterocycles. The van der Waals surface area contributed by atoms with Crippen molar-refractivity contribution < 1.29 is 8.78 Å². The molecule has 0 fully saturated rings. The van der Waals surface area contributed by atoms with Crippen molar-refractivity contribution in [2.45, 2.75) is 13.3 Å². The Labute approximate surface area is 82.9 Å². The number of alkyl halides is 1. The molecule has 0 saturated heterocycles. The van der Waals surface area contributed by atoms with Gasteiger partial charge in [0, 0.05) is 12.0 Å². The van der Waals surface area contributed by atoms with Crippen LogP contribution < -0.4 is 5.73 Å². The van der Waals surface area contributed by atoms with E-state index in [9.17, 15) is 8.78 Å². The fourth-order valence-electron chi connectivity index (χ4n) is 1.28. The Kier molecular flexibility index (Phi) is 3.58. The van der Waals surface area contributed by atoms with Crippen LogP contribution >= 0.6 is 0 Å². The topological polar surface area (TPSA) is 26.0 Å². The normalized spacial score (nSPS) is 15.1. The SMILES string of the molecule is CC(CN)(CF)Cc1ccccc1F. The molecule has 78 valence electrons. The van der Waals surface area contributed by atoms with Crippen molar-refractivity contribution in [2.24, 2.45) is 11.1 Å². The first-order valence-corrected chi connectivity index (χ1v) is 4.61. The number of rotatable bonds is 4. The third kappa shape index (κ3) is 2.51. The van der Waals surface area contributed by atoms with E-state index >= 15 is 0 Å². The molecule has 0 spiro atoms. The minimum Gasteiger partial charge on any atom is -0.330 e. The van der Waals surface area contributed by atoms with Crippen molar-refractivity contribution in [2.75, 3.05) is 13.2 Å². The van der Waals surface area contributed by atoms with E-state index in [1.54, 1.807) is 25.1 Å². The molecule has 1 nitrogen and oxygen atoms in total. The summed E-state index contributed by atoms with van der Waals surface area (Å²) >= 11 is 0. The van der Waals surface area contributed by atoms with Gasteiger partial charge in [-0.2, -0.15) is 0 Å². The van der Waals surface area contributed by atoms with Crippen molar-refractivity contribution >= 4 is 0 Å². The van der Waals surface area contributed by atoms with E-state index in [-0.39, 0.29) is 12.4 Å². The molecule has 14 heavy (non-hydrogen) atoms. The molecule has 3 heteroatoms. The van der Waals surface area contributed by atoms with Crippen LogP contribution in [0.1, 0.15) is 12.5 Å². The van der Waals surface area contributed by atoms with Crippen molar-refractivity contribution in [3.63, 3.8) is 0 Å². The number of halogens is 2. The van der Waals surface area contributed by atoms with Gasteiger partial charge in [-0.1, -0.05) is 25.1 Å². The third-order valence-corrected chi connectivity index (χ3v) is 2.39. The van der Waals surface area contributed by atoms with E-state index in [4.69, 9.17) is 5.73 Å². The Hall–Kier alpha value is -0.960. The van der Waals surface area contributed by atoms with Gasteiger partial charge in [-0.15, -0.1) is 0 Å². The Morgan fingerprint density at radius 1 is 1.36 bits per heavy atom. The van der Waals surface area contributed by atoms with Crippen LogP contribution in [0.4, 0.5) is 8.78 Å². The maximum absolute atomic E-state index is 13.2. The maximum atomic E-state index is 13.2. The Balaban J connectivity index is 2.82. The second-order valence-electron chi connectivity index (χ2n) is 3.92. The van der Waals surface area contributed by atoms with E-state index in [0.29, 0.717) is 12.0 Å². The molecule has 1 unspecified atom stereocenters. The summed E-state index contributed by atoms with van der Waals surface area (Å²) in [5.41, 5.74) is 5.33. The first kappa shape index (κ1) is 11.1. The van der Waals surface area contributed by atoms with Crippen LogP contribution in [0, 0.1) is 11.2 Å². The average Bonchev–Trinajstić information content (AvgIpc) is 2.21. The average molecular weight is 199 g/mol. The summed E-state index contributed by atoms with van der Waals surface area (Å²) in [5, 5.41) is 0. The predicted molar refractivity (Wildman–Crippen MR) is 53.2 cm³/mol. The van der Waals surface area contributed by atoms with Crippen molar-refractivity contribution in [3.8, 4) is 0 Å². The Morgan fingerprint density at radius 2 is 2.00 bits per heavy atom. The van der Waals surface area contributed by atoms with Crippen LogP contribution in [0.25, 0.3) is 0 Å². The summed E-state index contributed by atoms with van der Waals surface area (Å²) in [5.74, 6) is -0.291. The summed E-state index contributed by atoms with van der Waals surface area (Å²) in [6.07, 6.45) is 0.340. The van der Waals surface area contributed by atoms with Crippen LogP contribution in [0.3, 0.4) is 0 Å². The summed E-state index contributed by atoms with van der Waals surface area (Å²) in [4.78, 5) is 0. The van der Waals surface area contributed by atoms with E-state index in [2.05, 4.69) is 0 Å². The van der Waals surface area contributed by atoms with Crippen molar-refractivity contribution in [1.82, 2.24) is 0 Å². The highest BCUT2D eigenvalue weighted by Gasteiger charge is 2.24. The standard InChI is InChI=1S/C11H15F2N/c1-11(7-12,8-14)6-9-4-2-3-5-10(9)13/h2-5H,6-8,14H2,1H3. The largest absolute Gasteiger partial charge is 0.330 e. The number of nitrogens with two attached hydrogens (primary N) is 1. The zero-order chi connectivity index (χ0) is 10.6. The first-order chi connectivity index (χ1) is 6.61. The van der Waals surface area contributed by atoms with Gasteiger partial charge in [-0.3, -0.25) is 4.39 Å². The fraction of sp³-hybridized carbons (Fsp3) is 0.455. The number of hydrogen-bond acceptors (Lipinski definition) is 1. The molecule has 2 N–H and O–H groups in total. The molecule has 1 aromatic rings. The predicted octanol–water partition coefficient (Wildman–Crippen LogP) is 2.30. The van der Waals surface area contributed by atoms with Gasteiger partial charge in [0.05, 0.1) is 6.67 Å². The van der Waals surface area contributed by atoms with Crippen LogP contribution in [-0.2, 0) is 6.42 Å². The lowest BCUT2D eigenvalue weighted by atomic mass is 9.85. The highest BCUT2D eigenvalue weighted by molar-refractivity contribution is 5.18. The molecule has 0 bridgehead atoms. The van der Waals surface area contributed by atoms with Gasteiger partial charge >= 0.3 is 0 Å². The lowest BCUT2D eigenvalue weighted by Gasteiger charge is -2.24. The Morgan fingerprint density at radius 3 is 2.50 bits per heavy atom. The second kappa shape index (κ2) is 4.51. The molecule has 0 amide bonds. The molecule has 0 radical (unpaired) electrons. The molecule has 0 aliphatic heterocycles. The highest BCUT2D eigenvalue weighted by atomic mass is 19.1. The van der Waals surface area contributed by atoms with Gasteiger partial charge in [0.1, 0.15) is 5.82 Å². The lowest BCUT2D eigenvalue weighted by molar-refractivity contribution is 0.236. The smallest absolute Gasteiger partial charge is 0.126 e. The van der Waals surface area contributed by atoms with Crippen molar-refractivity contribution in [1.29, 1.82) is 0 Å². The minimum absolute atomic E-state index is 0.220. The highest BCUT2D eigenvalue weighted by Crippen LogP contribution is 2.23. The molecule has 1 atom stereocenters. The molecule has 0 saturated carbocycles. The molecule has 0 heterocycles. The molecular formula is C11H15F2N. The van der Waals surface area contributed by atoms with Gasteiger partial charge in [0.2, 0.25) is 0 Å². The molecule has 0 aliphatic carbocycles. The van der Waals surface area contributed by atoms with Crippen LogP contribution in [0.15, 0.2) is 24.3 Å². The van der Waals surface area contributed by atoms with Gasteiger partial charge in [0.25, 0.3) is 0 Å². The fourth-order valence-corrected chi connectivity index (χ4v) is 1.28. The first-order valence-electron chi connectivity index (χ1n) is 4.61.